The van der Waals surface area contributed by atoms with Crippen LogP contribution in [0.3, 0.4) is 0 Å². The summed E-state index contributed by atoms with van der Waals surface area (Å²) < 4.78 is 39.8. The standard InChI is InChI=1S/C14H17F3N2O2/c15-14(16,17)21-12-3-1-10(2-4-12)5-8-19-13(20)11-6-7-18-9-11/h1-4,11,18H,5-9H2,(H,19,20). The molecule has 1 amide bonds. The van der Waals surface area contributed by atoms with Crippen LogP contribution >= 0.6 is 0 Å². The van der Waals surface area contributed by atoms with Crippen molar-refractivity contribution in [3.63, 3.8) is 0 Å². The van der Waals surface area contributed by atoms with Crippen molar-refractivity contribution in [2.75, 3.05) is 19.6 Å². The number of carbonyl (C=O) groups is 1. The molecule has 4 nitrogen and oxygen atoms in total. The summed E-state index contributed by atoms with van der Waals surface area (Å²) in [7, 11) is 0. The molecule has 2 rings (SSSR count). The largest absolute Gasteiger partial charge is 0.573 e. The second kappa shape index (κ2) is 6.80. The van der Waals surface area contributed by atoms with Gasteiger partial charge in [-0.05, 0) is 37.1 Å². The Morgan fingerprint density at radius 1 is 1.33 bits per heavy atom. The quantitative estimate of drug-likeness (QED) is 0.873. The first-order chi connectivity index (χ1) is 9.94. The fourth-order valence-corrected chi connectivity index (χ4v) is 2.21. The third-order valence-electron chi connectivity index (χ3n) is 3.30. The number of amides is 1. The van der Waals surface area contributed by atoms with Crippen LogP contribution in [0.5, 0.6) is 5.75 Å². The molecule has 2 N–H and O–H groups in total. The first kappa shape index (κ1) is 15.6. The van der Waals surface area contributed by atoms with Crippen molar-refractivity contribution in [2.45, 2.75) is 19.2 Å². The van der Waals surface area contributed by atoms with E-state index in [1.807, 2.05) is 0 Å². The van der Waals surface area contributed by atoms with Crippen LogP contribution in [0, 0.1) is 5.92 Å². The minimum Gasteiger partial charge on any atom is -0.406 e. The van der Waals surface area contributed by atoms with Crippen molar-refractivity contribution in [2.24, 2.45) is 5.92 Å². The van der Waals surface area contributed by atoms with Crippen LogP contribution in [0.1, 0.15) is 12.0 Å². The SMILES string of the molecule is O=C(NCCc1ccc(OC(F)(F)F)cc1)C1CCNC1. The van der Waals surface area contributed by atoms with Gasteiger partial charge in [-0.15, -0.1) is 13.2 Å². The lowest BCUT2D eigenvalue weighted by atomic mass is 10.1. The Labute approximate surface area is 120 Å². The Hall–Kier alpha value is -1.76. The second-order valence-electron chi connectivity index (χ2n) is 4.92. The molecule has 1 atom stereocenters. The second-order valence-corrected chi connectivity index (χ2v) is 4.92. The van der Waals surface area contributed by atoms with Gasteiger partial charge in [0.15, 0.2) is 0 Å². The Morgan fingerprint density at radius 3 is 2.62 bits per heavy atom. The molecule has 0 radical (unpaired) electrons. The fourth-order valence-electron chi connectivity index (χ4n) is 2.21. The molecule has 1 aliphatic rings. The molecule has 1 aromatic carbocycles. The summed E-state index contributed by atoms with van der Waals surface area (Å²) >= 11 is 0. The van der Waals surface area contributed by atoms with E-state index < -0.39 is 6.36 Å². The maximum atomic E-state index is 12.0. The molecule has 1 fully saturated rings. The van der Waals surface area contributed by atoms with Gasteiger partial charge >= 0.3 is 6.36 Å². The highest BCUT2D eigenvalue weighted by atomic mass is 19.4. The molecule has 0 saturated carbocycles. The van der Waals surface area contributed by atoms with E-state index in [2.05, 4.69) is 15.4 Å². The van der Waals surface area contributed by atoms with Crippen molar-refractivity contribution in [1.29, 1.82) is 0 Å². The maximum Gasteiger partial charge on any atom is 0.573 e. The van der Waals surface area contributed by atoms with Gasteiger partial charge in [0.25, 0.3) is 0 Å². The van der Waals surface area contributed by atoms with Gasteiger partial charge in [-0.1, -0.05) is 12.1 Å². The van der Waals surface area contributed by atoms with Gasteiger partial charge in [0.2, 0.25) is 5.91 Å². The smallest absolute Gasteiger partial charge is 0.406 e. The van der Waals surface area contributed by atoms with Gasteiger partial charge in [-0.2, -0.15) is 0 Å². The number of alkyl halides is 3. The first-order valence-corrected chi connectivity index (χ1v) is 6.77. The van der Waals surface area contributed by atoms with E-state index in [1.165, 1.54) is 12.1 Å². The molecule has 21 heavy (non-hydrogen) atoms. The molecule has 0 aliphatic carbocycles. The van der Waals surface area contributed by atoms with E-state index in [4.69, 9.17) is 0 Å². The van der Waals surface area contributed by atoms with Gasteiger partial charge in [-0.25, -0.2) is 0 Å². The molecule has 0 spiro atoms. The summed E-state index contributed by atoms with van der Waals surface area (Å²) in [5.74, 6) is -0.197. The minimum absolute atomic E-state index is 0.0209. The number of ether oxygens (including phenoxy) is 1. The van der Waals surface area contributed by atoms with Gasteiger partial charge < -0.3 is 15.4 Å². The molecule has 1 aliphatic heterocycles. The predicted molar refractivity (Wildman–Crippen MR) is 70.8 cm³/mol. The average molecular weight is 302 g/mol. The molecule has 1 saturated heterocycles. The van der Waals surface area contributed by atoms with Crippen LogP contribution in [-0.2, 0) is 11.2 Å². The van der Waals surface area contributed by atoms with E-state index in [0.717, 1.165) is 18.5 Å². The van der Waals surface area contributed by atoms with Gasteiger partial charge in [0, 0.05) is 13.1 Å². The Morgan fingerprint density at radius 2 is 2.05 bits per heavy atom. The molecule has 1 aromatic rings. The zero-order chi connectivity index (χ0) is 15.3. The van der Waals surface area contributed by atoms with Gasteiger partial charge in [0.1, 0.15) is 5.75 Å². The summed E-state index contributed by atoms with van der Waals surface area (Å²) in [6, 6.07) is 5.66. The number of benzene rings is 1. The summed E-state index contributed by atoms with van der Waals surface area (Å²) in [5, 5.41) is 5.96. The highest BCUT2D eigenvalue weighted by molar-refractivity contribution is 5.79. The number of hydrogen-bond donors (Lipinski definition) is 2. The lowest BCUT2D eigenvalue weighted by Crippen LogP contribution is -2.33. The summed E-state index contributed by atoms with van der Waals surface area (Å²) in [6.07, 6.45) is -3.27. The first-order valence-electron chi connectivity index (χ1n) is 6.77. The Kier molecular flexibility index (Phi) is 5.06. The molecule has 7 heteroatoms. The number of hydrogen-bond acceptors (Lipinski definition) is 3. The number of rotatable bonds is 5. The predicted octanol–water partition coefficient (Wildman–Crippen LogP) is 1.85. The summed E-state index contributed by atoms with van der Waals surface area (Å²) in [5.41, 5.74) is 0.842. The van der Waals surface area contributed by atoms with Crippen LogP contribution in [0.15, 0.2) is 24.3 Å². The topological polar surface area (TPSA) is 50.4 Å². The normalized spacial score (nSPS) is 18.5. The van der Waals surface area contributed by atoms with Crippen molar-refractivity contribution < 1.29 is 22.7 Å². The van der Waals surface area contributed by atoms with E-state index in [1.54, 1.807) is 12.1 Å². The minimum atomic E-state index is -4.68. The zero-order valence-electron chi connectivity index (χ0n) is 11.4. The van der Waals surface area contributed by atoms with Crippen molar-refractivity contribution in [3.05, 3.63) is 29.8 Å². The zero-order valence-corrected chi connectivity index (χ0v) is 11.4. The molecule has 0 aromatic heterocycles. The molecule has 1 heterocycles. The van der Waals surface area contributed by atoms with Gasteiger partial charge in [-0.3, -0.25) is 4.79 Å². The van der Waals surface area contributed by atoms with E-state index >= 15 is 0 Å². The Balaban J connectivity index is 1.74. The number of halogens is 3. The van der Waals surface area contributed by atoms with E-state index in [9.17, 15) is 18.0 Å². The third kappa shape index (κ3) is 5.26. The van der Waals surface area contributed by atoms with Crippen LogP contribution in [0.25, 0.3) is 0 Å². The highest BCUT2D eigenvalue weighted by Gasteiger charge is 2.30. The molecule has 0 bridgehead atoms. The Bertz CT molecular complexity index is 468. The summed E-state index contributed by atoms with van der Waals surface area (Å²) in [6.45, 7) is 2.03. The lowest BCUT2D eigenvalue weighted by molar-refractivity contribution is -0.274. The van der Waals surface area contributed by atoms with Crippen molar-refractivity contribution in [3.8, 4) is 5.75 Å². The number of carbonyl (C=O) groups excluding carboxylic acids is 1. The van der Waals surface area contributed by atoms with E-state index in [0.29, 0.717) is 19.5 Å². The molecular formula is C14H17F3N2O2. The van der Waals surface area contributed by atoms with Crippen molar-refractivity contribution in [1.82, 2.24) is 10.6 Å². The molecular weight excluding hydrogens is 285 g/mol. The lowest BCUT2D eigenvalue weighted by Gasteiger charge is -2.11. The van der Waals surface area contributed by atoms with Crippen LogP contribution < -0.4 is 15.4 Å². The van der Waals surface area contributed by atoms with Crippen LogP contribution in [-0.4, -0.2) is 31.9 Å². The third-order valence-corrected chi connectivity index (χ3v) is 3.30. The van der Waals surface area contributed by atoms with E-state index in [-0.39, 0.29) is 17.6 Å². The monoisotopic (exact) mass is 302 g/mol. The van der Waals surface area contributed by atoms with Crippen LogP contribution in [0.2, 0.25) is 0 Å². The highest BCUT2D eigenvalue weighted by Crippen LogP contribution is 2.22. The molecule has 116 valence electrons. The fraction of sp³-hybridized carbons (Fsp3) is 0.500. The van der Waals surface area contributed by atoms with Gasteiger partial charge in [0.05, 0.1) is 5.92 Å². The summed E-state index contributed by atoms with van der Waals surface area (Å²) in [4.78, 5) is 11.8. The number of nitrogens with one attached hydrogen (secondary N) is 2. The maximum absolute atomic E-state index is 12.0. The average Bonchev–Trinajstić information content (AvgIpc) is 2.93. The van der Waals surface area contributed by atoms with Crippen molar-refractivity contribution >= 4 is 5.91 Å². The molecule has 1 unspecified atom stereocenters. The van der Waals surface area contributed by atoms with Crippen LogP contribution in [0.4, 0.5) is 13.2 Å².